The summed E-state index contributed by atoms with van der Waals surface area (Å²) >= 11 is 0. The summed E-state index contributed by atoms with van der Waals surface area (Å²) in [4.78, 5) is 0. The molecule has 1 aromatic carbocycles. The first-order valence-electron chi connectivity index (χ1n) is 6.44. The molecule has 0 bridgehead atoms. The molecule has 0 aliphatic rings. The zero-order valence-corrected chi connectivity index (χ0v) is 11.6. The van der Waals surface area contributed by atoms with Crippen molar-refractivity contribution in [3.05, 3.63) is 41.1 Å². The van der Waals surface area contributed by atoms with Crippen molar-refractivity contribution in [2.75, 3.05) is 0 Å². The summed E-state index contributed by atoms with van der Waals surface area (Å²) in [6, 6.07) is 4.38. The molecule has 0 atom stereocenters. The van der Waals surface area contributed by atoms with Gasteiger partial charge in [0.25, 0.3) is 0 Å². The van der Waals surface area contributed by atoms with Crippen LogP contribution in [0.5, 0.6) is 0 Å². The molecule has 0 amide bonds. The first-order valence-corrected chi connectivity index (χ1v) is 6.44. The largest absolute Gasteiger partial charge is 0.282 e. The highest BCUT2D eigenvalue weighted by atomic mass is 19.2. The Hall–Kier alpha value is -1.71. The average molecular weight is 264 g/mol. The van der Waals surface area contributed by atoms with E-state index in [9.17, 15) is 8.78 Å². The minimum Gasteiger partial charge on any atom is -0.282 e. The number of hydrogen-bond donors (Lipinski definition) is 1. The van der Waals surface area contributed by atoms with E-state index in [0.717, 1.165) is 11.3 Å². The van der Waals surface area contributed by atoms with Gasteiger partial charge in [-0.2, -0.15) is 5.10 Å². The summed E-state index contributed by atoms with van der Waals surface area (Å²) in [5.41, 5.74) is 3.05. The lowest BCUT2D eigenvalue weighted by Crippen LogP contribution is -1.97. The number of rotatable bonds is 3. The quantitative estimate of drug-likeness (QED) is 0.862. The predicted molar refractivity (Wildman–Crippen MR) is 72.1 cm³/mol. The third-order valence-electron chi connectivity index (χ3n) is 3.21. The number of hydrogen-bond acceptors (Lipinski definition) is 1. The maximum absolute atomic E-state index is 13.5. The maximum Gasteiger partial charge on any atom is 0.159 e. The number of H-pyrrole nitrogens is 1. The molecule has 0 saturated carbocycles. The molecule has 102 valence electrons. The molecule has 0 unspecified atom stereocenters. The Balaban J connectivity index is 2.56. The number of halogens is 2. The van der Waals surface area contributed by atoms with Crippen LogP contribution < -0.4 is 0 Å². The second kappa shape index (κ2) is 5.11. The Bertz CT molecular complexity index is 586. The number of nitrogens with one attached hydrogen (secondary N) is 1. The first kappa shape index (κ1) is 13.7. The number of aromatic amines is 1. The van der Waals surface area contributed by atoms with Gasteiger partial charge in [0.1, 0.15) is 0 Å². The van der Waals surface area contributed by atoms with Crippen LogP contribution in [0.15, 0.2) is 18.2 Å². The van der Waals surface area contributed by atoms with Crippen molar-refractivity contribution in [2.45, 2.75) is 39.5 Å². The van der Waals surface area contributed by atoms with Gasteiger partial charge in [-0.15, -0.1) is 0 Å². The lowest BCUT2D eigenvalue weighted by Gasteiger charge is -2.11. The van der Waals surface area contributed by atoms with Gasteiger partial charge in [-0.25, -0.2) is 8.78 Å². The monoisotopic (exact) mass is 264 g/mol. The molecule has 0 radical (unpaired) electrons. The molecule has 0 saturated heterocycles. The van der Waals surface area contributed by atoms with Crippen molar-refractivity contribution in [3.63, 3.8) is 0 Å². The van der Waals surface area contributed by atoms with Crippen LogP contribution in [0.3, 0.4) is 0 Å². The molecule has 0 aliphatic carbocycles. The van der Waals surface area contributed by atoms with Crippen molar-refractivity contribution in [1.82, 2.24) is 10.2 Å². The molecule has 1 heterocycles. The van der Waals surface area contributed by atoms with E-state index in [-0.39, 0.29) is 5.92 Å². The number of aromatic nitrogens is 2. The normalized spacial score (nSPS) is 11.6. The van der Waals surface area contributed by atoms with Crippen molar-refractivity contribution in [3.8, 4) is 11.3 Å². The highest BCUT2D eigenvalue weighted by Gasteiger charge is 2.16. The average Bonchev–Trinajstić information content (AvgIpc) is 2.81. The molecule has 19 heavy (non-hydrogen) atoms. The van der Waals surface area contributed by atoms with Crippen molar-refractivity contribution in [1.29, 1.82) is 0 Å². The molecule has 2 rings (SSSR count). The summed E-state index contributed by atoms with van der Waals surface area (Å²) in [7, 11) is 0. The smallest absolute Gasteiger partial charge is 0.159 e. The van der Waals surface area contributed by atoms with Gasteiger partial charge in [0, 0.05) is 11.3 Å². The lowest BCUT2D eigenvalue weighted by molar-refractivity contribution is 0.506. The fourth-order valence-electron chi connectivity index (χ4n) is 2.03. The van der Waals surface area contributed by atoms with E-state index >= 15 is 0 Å². The van der Waals surface area contributed by atoms with E-state index in [2.05, 4.69) is 10.2 Å². The zero-order valence-electron chi connectivity index (χ0n) is 11.6. The van der Waals surface area contributed by atoms with Crippen molar-refractivity contribution >= 4 is 0 Å². The van der Waals surface area contributed by atoms with E-state index in [4.69, 9.17) is 0 Å². The van der Waals surface area contributed by atoms with E-state index in [1.54, 1.807) is 0 Å². The minimum absolute atomic E-state index is 0.101. The third kappa shape index (κ3) is 2.67. The van der Waals surface area contributed by atoms with Crippen LogP contribution in [0.25, 0.3) is 11.3 Å². The second-order valence-corrected chi connectivity index (χ2v) is 5.37. The molecule has 0 spiro atoms. The van der Waals surface area contributed by atoms with Crippen LogP contribution in [0.4, 0.5) is 8.78 Å². The van der Waals surface area contributed by atoms with E-state index in [0.29, 0.717) is 17.2 Å². The Morgan fingerprint density at radius 2 is 1.58 bits per heavy atom. The Morgan fingerprint density at radius 1 is 0.947 bits per heavy atom. The van der Waals surface area contributed by atoms with Crippen LogP contribution in [0.2, 0.25) is 0 Å². The standard InChI is InChI=1S/C15H18F2N2/c1-8(2)10-5-12(16)13(17)6-11(10)15-7-14(9(3)4)18-19-15/h5-9H,1-4H3,(H,18,19). The van der Waals surface area contributed by atoms with Crippen molar-refractivity contribution in [2.24, 2.45) is 0 Å². The summed E-state index contributed by atoms with van der Waals surface area (Å²) in [5.74, 6) is -1.24. The van der Waals surface area contributed by atoms with E-state index in [1.807, 2.05) is 33.8 Å². The van der Waals surface area contributed by atoms with Gasteiger partial charge in [-0.3, -0.25) is 5.10 Å². The van der Waals surface area contributed by atoms with Crippen LogP contribution >= 0.6 is 0 Å². The Kier molecular flexibility index (Phi) is 3.69. The molecule has 1 N–H and O–H groups in total. The summed E-state index contributed by atoms with van der Waals surface area (Å²) in [5, 5.41) is 7.15. The second-order valence-electron chi connectivity index (χ2n) is 5.37. The summed E-state index contributed by atoms with van der Waals surface area (Å²) < 4.78 is 26.8. The van der Waals surface area contributed by atoms with Crippen LogP contribution in [-0.4, -0.2) is 10.2 Å². The first-order chi connectivity index (χ1) is 8.90. The topological polar surface area (TPSA) is 28.7 Å². The molecule has 1 aromatic heterocycles. The molecule has 0 aliphatic heterocycles. The fourth-order valence-corrected chi connectivity index (χ4v) is 2.03. The molecule has 2 aromatic rings. The summed E-state index contributed by atoms with van der Waals surface area (Å²) in [6.45, 7) is 8.00. The molecule has 2 nitrogen and oxygen atoms in total. The maximum atomic E-state index is 13.5. The van der Waals surface area contributed by atoms with E-state index < -0.39 is 11.6 Å². The zero-order chi connectivity index (χ0) is 14.2. The van der Waals surface area contributed by atoms with Crippen LogP contribution in [-0.2, 0) is 0 Å². The van der Waals surface area contributed by atoms with Crippen molar-refractivity contribution < 1.29 is 8.78 Å². The van der Waals surface area contributed by atoms with Gasteiger partial charge in [0.2, 0.25) is 0 Å². The Morgan fingerprint density at radius 3 is 2.11 bits per heavy atom. The number of nitrogens with zero attached hydrogens (tertiary/aromatic N) is 1. The van der Waals surface area contributed by atoms with E-state index in [1.165, 1.54) is 12.1 Å². The summed E-state index contributed by atoms with van der Waals surface area (Å²) in [6.07, 6.45) is 0. The van der Waals surface area contributed by atoms with Gasteiger partial charge in [-0.05, 0) is 35.6 Å². The Labute approximate surface area is 111 Å². The predicted octanol–water partition coefficient (Wildman–Crippen LogP) is 4.60. The number of benzene rings is 1. The van der Waals surface area contributed by atoms with Gasteiger partial charge < -0.3 is 0 Å². The highest BCUT2D eigenvalue weighted by Crippen LogP contribution is 2.31. The van der Waals surface area contributed by atoms with Gasteiger partial charge in [0.05, 0.1) is 5.69 Å². The molecular formula is C15H18F2N2. The van der Waals surface area contributed by atoms with Crippen LogP contribution in [0, 0.1) is 11.6 Å². The minimum atomic E-state index is -0.839. The van der Waals surface area contributed by atoms with Gasteiger partial charge >= 0.3 is 0 Å². The van der Waals surface area contributed by atoms with Gasteiger partial charge in [0.15, 0.2) is 11.6 Å². The van der Waals surface area contributed by atoms with Crippen LogP contribution in [0.1, 0.15) is 50.8 Å². The third-order valence-corrected chi connectivity index (χ3v) is 3.21. The van der Waals surface area contributed by atoms with Gasteiger partial charge in [-0.1, -0.05) is 27.7 Å². The molecule has 4 heteroatoms. The lowest BCUT2D eigenvalue weighted by atomic mass is 9.94. The molecular weight excluding hydrogens is 246 g/mol. The SMILES string of the molecule is CC(C)c1cc(-c2cc(F)c(F)cc2C(C)C)n[nH]1. The molecule has 0 fully saturated rings. The highest BCUT2D eigenvalue weighted by molar-refractivity contribution is 5.65. The fraction of sp³-hybridized carbons (Fsp3) is 0.400.